The molecule has 2 aromatic rings. The second-order valence-corrected chi connectivity index (χ2v) is 6.85. The molecule has 0 radical (unpaired) electrons. The Labute approximate surface area is 124 Å². The Hall–Kier alpha value is -1.32. The van der Waals surface area contributed by atoms with Crippen LogP contribution in [-0.4, -0.2) is 22.9 Å². The topological polar surface area (TPSA) is 29.9 Å². The van der Waals surface area contributed by atoms with Crippen LogP contribution in [0.3, 0.4) is 0 Å². The van der Waals surface area contributed by atoms with Gasteiger partial charge >= 0.3 is 0 Å². The number of nitrogens with one attached hydrogen (secondary N) is 1. The molecule has 2 heterocycles. The van der Waals surface area contributed by atoms with Crippen LogP contribution in [0.1, 0.15) is 32.4 Å². The van der Waals surface area contributed by atoms with Gasteiger partial charge in [0.25, 0.3) is 0 Å². The Balaban J connectivity index is 2.14. The fraction of sp³-hybridized carbons (Fsp3) is 0.438. The third kappa shape index (κ3) is 2.36. The molecule has 106 valence electrons. The molecule has 3 rings (SSSR count). The van der Waals surface area contributed by atoms with Crippen molar-refractivity contribution in [3.05, 3.63) is 41.0 Å². The molecule has 0 amide bonds. The molecule has 1 aliphatic rings. The molecule has 20 heavy (non-hydrogen) atoms. The first-order valence-electron chi connectivity index (χ1n) is 7.01. The van der Waals surface area contributed by atoms with E-state index in [4.69, 9.17) is 11.6 Å². The number of benzene rings is 1. The van der Waals surface area contributed by atoms with Crippen molar-refractivity contribution in [3.63, 3.8) is 0 Å². The van der Waals surface area contributed by atoms with Gasteiger partial charge in [0.1, 0.15) is 0 Å². The number of rotatable bonds is 2. The van der Waals surface area contributed by atoms with Crippen molar-refractivity contribution in [2.45, 2.75) is 32.2 Å². The fourth-order valence-corrected chi connectivity index (χ4v) is 2.82. The molecule has 0 atom stereocenters. The third-order valence-electron chi connectivity index (χ3n) is 3.84. The monoisotopic (exact) mass is 289 g/mol. The number of hydrogen-bond donors (Lipinski definition) is 1. The van der Waals surface area contributed by atoms with Crippen LogP contribution in [0.15, 0.2) is 30.5 Å². The van der Waals surface area contributed by atoms with Gasteiger partial charge in [-0.3, -0.25) is 4.68 Å². The summed E-state index contributed by atoms with van der Waals surface area (Å²) in [6, 6.07) is 8.69. The zero-order valence-electron chi connectivity index (χ0n) is 12.2. The quantitative estimate of drug-likeness (QED) is 0.915. The summed E-state index contributed by atoms with van der Waals surface area (Å²) in [5.74, 6) is 0. The summed E-state index contributed by atoms with van der Waals surface area (Å²) in [6.07, 6.45) is 1.88. The minimum atomic E-state index is 0.0763. The first kappa shape index (κ1) is 13.7. The maximum absolute atomic E-state index is 6.22. The number of halogens is 1. The highest BCUT2D eigenvalue weighted by atomic mass is 35.5. The van der Waals surface area contributed by atoms with Crippen molar-refractivity contribution in [3.8, 4) is 11.3 Å². The largest absolute Gasteiger partial charge is 0.312 e. The fourth-order valence-electron chi connectivity index (χ4n) is 2.65. The second kappa shape index (κ2) is 4.90. The van der Waals surface area contributed by atoms with Gasteiger partial charge in [-0.2, -0.15) is 5.10 Å². The first-order valence-corrected chi connectivity index (χ1v) is 7.39. The lowest BCUT2D eigenvalue weighted by Crippen LogP contribution is -2.44. The zero-order valence-corrected chi connectivity index (χ0v) is 12.9. The van der Waals surface area contributed by atoms with Crippen LogP contribution in [-0.2, 0) is 5.41 Å². The molecular weight excluding hydrogens is 270 g/mol. The van der Waals surface area contributed by atoms with Gasteiger partial charge in [0, 0.05) is 29.9 Å². The van der Waals surface area contributed by atoms with Crippen molar-refractivity contribution in [2.75, 3.05) is 13.1 Å². The van der Waals surface area contributed by atoms with Crippen LogP contribution in [0.25, 0.3) is 11.3 Å². The first-order chi connectivity index (χ1) is 9.47. The zero-order chi connectivity index (χ0) is 14.3. The van der Waals surface area contributed by atoms with E-state index >= 15 is 0 Å². The SMILES string of the molecule is CC(C)(C)c1ccc(Cl)cc1-c1ccnn1C1CNC1. The Morgan fingerprint density at radius 3 is 2.60 bits per heavy atom. The molecule has 0 unspecified atom stereocenters. The van der Waals surface area contributed by atoms with Crippen molar-refractivity contribution in [1.82, 2.24) is 15.1 Å². The molecule has 0 aliphatic carbocycles. The Bertz CT molecular complexity index is 621. The van der Waals surface area contributed by atoms with Gasteiger partial charge in [-0.05, 0) is 29.2 Å². The van der Waals surface area contributed by atoms with Gasteiger partial charge in [-0.15, -0.1) is 0 Å². The molecule has 1 aliphatic heterocycles. The average molecular weight is 290 g/mol. The van der Waals surface area contributed by atoms with Crippen LogP contribution in [0.4, 0.5) is 0 Å². The molecule has 1 aromatic carbocycles. The summed E-state index contributed by atoms with van der Waals surface area (Å²) < 4.78 is 2.12. The summed E-state index contributed by atoms with van der Waals surface area (Å²) in [5, 5.41) is 8.57. The normalized spacial score (nSPS) is 16.2. The van der Waals surface area contributed by atoms with E-state index in [0.717, 1.165) is 23.8 Å². The molecule has 1 aromatic heterocycles. The maximum Gasteiger partial charge on any atom is 0.0774 e. The van der Waals surface area contributed by atoms with E-state index in [1.807, 2.05) is 12.3 Å². The van der Waals surface area contributed by atoms with E-state index in [0.29, 0.717) is 6.04 Å². The Morgan fingerprint density at radius 1 is 1.25 bits per heavy atom. The lowest BCUT2D eigenvalue weighted by atomic mass is 9.83. The Kier molecular flexibility index (Phi) is 3.35. The van der Waals surface area contributed by atoms with Crippen molar-refractivity contribution >= 4 is 11.6 Å². The predicted molar refractivity (Wildman–Crippen MR) is 83.3 cm³/mol. The van der Waals surface area contributed by atoms with Crippen LogP contribution in [0.5, 0.6) is 0 Å². The minimum Gasteiger partial charge on any atom is -0.312 e. The molecule has 1 N–H and O–H groups in total. The van der Waals surface area contributed by atoms with Crippen LogP contribution < -0.4 is 5.32 Å². The molecule has 4 heteroatoms. The van der Waals surface area contributed by atoms with E-state index in [1.165, 1.54) is 11.1 Å². The number of hydrogen-bond acceptors (Lipinski definition) is 2. The molecule has 1 saturated heterocycles. The van der Waals surface area contributed by atoms with E-state index in [1.54, 1.807) is 0 Å². The van der Waals surface area contributed by atoms with Crippen molar-refractivity contribution in [1.29, 1.82) is 0 Å². The van der Waals surface area contributed by atoms with Crippen LogP contribution in [0.2, 0.25) is 5.02 Å². The van der Waals surface area contributed by atoms with E-state index in [2.05, 4.69) is 54.1 Å². The standard InChI is InChI=1S/C16H20ClN3/c1-16(2,3)14-5-4-11(17)8-13(14)15-6-7-19-20(15)12-9-18-10-12/h4-8,12,18H,9-10H2,1-3H3. The van der Waals surface area contributed by atoms with E-state index in [9.17, 15) is 0 Å². The van der Waals surface area contributed by atoms with E-state index < -0.39 is 0 Å². The summed E-state index contributed by atoms with van der Waals surface area (Å²) in [4.78, 5) is 0. The minimum absolute atomic E-state index is 0.0763. The highest BCUT2D eigenvalue weighted by Crippen LogP contribution is 2.35. The average Bonchev–Trinajstić information content (AvgIpc) is 2.73. The van der Waals surface area contributed by atoms with Gasteiger partial charge in [0.15, 0.2) is 0 Å². The highest BCUT2D eigenvalue weighted by Gasteiger charge is 2.25. The summed E-state index contributed by atoms with van der Waals surface area (Å²) >= 11 is 6.22. The van der Waals surface area contributed by atoms with E-state index in [-0.39, 0.29) is 5.41 Å². The van der Waals surface area contributed by atoms with Gasteiger partial charge in [0.2, 0.25) is 0 Å². The summed E-state index contributed by atoms with van der Waals surface area (Å²) in [5.41, 5.74) is 3.72. The van der Waals surface area contributed by atoms with Crippen molar-refractivity contribution in [2.24, 2.45) is 0 Å². The number of nitrogens with zero attached hydrogens (tertiary/aromatic N) is 2. The van der Waals surface area contributed by atoms with Crippen LogP contribution >= 0.6 is 11.6 Å². The molecule has 0 spiro atoms. The molecule has 0 saturated carbocycles. The molecule has 0 bridgehead atoms. The second-order valence-electron chi connectivity index (χ2n) is 6.41. The summed E-state index contributed by atoms with van der Waals surface area (Å²) in [7, 11) is 0. The Morgan fingerprint density at radius 2 is 2.00 bits per heavy atom. The smallest absolute Gasteiger partial charge is 0.0774 e. The lowest BCUT2D eigenvalue weighted by molar-refractivity contribution is 0.321. The van der Waals surface area contributed by atoms with Gasteiger partial charge in [-0.25, -0.2) is 0 Å². The predicted octanol–water partition coefficient (Wildman–Crippen LogP) is 3.65. The maximum atomic E-state index is 6.22. The molecule has 3 nitrogen and oxygen atoms in total. The molecule has 1 fully saturated rings. The lowest BCUT2D eigenvalue weighted by Gasteiger charge is -2.30. The third-order valence-corrected chi connectivity index (χ3v) is 4.08. The molecular formula is C16H20ClN3. The van der Waals surface area contributed by atoms with Gasteiger partial charge in [-0.1, -0.05) is 38.4 Å². The van der Waals surface area contributed by atoms with Gasteiger partial charge < -0.3 is 5.32 Å². The van der Waals surface area contributed by atoms with Crippen LogP contribution in [0, 0.1) is 0 Å². The van der Waals surface area contributed by atoms with Gasteiger partial charge in [0.05, 0.1) is 11.7 Å². The summed E-state index contributed by atoms with van der Waals surface area (Å²) in [6.45, 7) is 8.66. The van der Waals surface area contributed by atoms with Crippen molar-refractivity contribution < 1.29 is 0 Å². The number of aromatic nitrogens is 2. The highest BCUT2D eigenvalue weighted by molar-refractivity contribution is 6.30.